The molecule has 0 aliphatic rings. The Balaban J connectivity index is 3.79. The molecule has 2 heteroatoms. The number of rotatable bonds is 1. The predicted octanol–water partition coefficient (Wildman–Crippen LogP) is 0.450. The molecule has 0 aromatic carbocycles. The normalized spacial score (nSPS) is 13.4. The average Bonchev–Trinajstić information content (AvgIpc) is 2.04. The van der Waals surface area contributed by atoms with E-state index in [1.807, 2.05) is 19.9 Å². The van der Waals surface area contributed by atoms with Crippen molar-refractivity contribution in [3.8, 4) is 0 Å². The maximum atomic E-state index is 11.1. The van der Waals surface area contributed by atoms with E-state index in [2.05, 4.69) is 11.6 Å². The van der Waals surface area contributed by atoms with Crippen molar-refractivity contribution in [1.82, 2.24) is 4.98 Å². The number of hydrogen-bond acceptors (Lipinski definition) is 1. The molecular weight excluding hydrogens is 162 g/mol. The van der Waals surface area contributed by atoms with Crippen LogP contribution >= 0.6 is 0 Å². The van der Waals surface area contributed by atoms with Gasteiger partial charge in [-0.3, -0.25) is 4.79 Å². The smallest absolute Gasteiger partial charge is 0.248 e. The molecule has 0 saturated heterocycles. The fourth-order valence-corrected chi connectivity index (χ4v) is 1.36. The molecule has 2 nitrogen and oxygen atoms in total. The van der Waals surface area contributed by atoms with Gasteiger partial charge in [0, 0.05) is 11.4 Å². The maximum Gasteiger partial charge on any atom is 0.248 e. The second-order valence-corrected chi connectivity index (χ2v) is 2.83. The molecule has 0 aliphatic heterocycles. The number of pyridine rings is 1. The summed E-state index contributed by atoms with van der Waals surface area (Å²) in [6.45, 7) is 7.47. The Hall–Kier alpha value is -1.57. The molecule has 0 atom stereocenters. The fourth-order valence-electron chi connectivity index (χ4n) is 1.36. The summed E-state index contributed by atoms with van der Waals surface area (Å²) in [6, 6.07) is 1.59. The molecular formula is C11H13NO. The predicted molar refractivity (Wildman–Crippen MR) is 55.9 cm³/mol. The largest absolute Gasteiger partial charge is 0.322 e. The van der Waals surface area contributed by atoms with Crippen molar-refractivity contribution in [1.29, 1.82) is 0 Å². The number of H-pyrrole nitrogens is 1. The molecule has 1 aromatic rings. The third kappa shape index (κ3) is 1.96. The van der Waals surface area contributed by atoms with Crippen molar-refractivity contribution in [2.45, 2.75) is 13.8 Å². The minimum atomic E-state index is -0.0730. The Morgan fingerprint density at radius 1 is 1.54 bits per heavy atom. The first kappa shape index (κ1) is 9.52. The molecule has 0 amide bonds. The van der Waals surface area contributed by atoms with Gasteiger partial charge in [0.05, 0.1) is 0 Å². The lowest BCUT2D eigenvalue weighted by molar-refractivity contribution is 1.12. The van der Waals surface area contributed by atoms with Gasteiger partial charge in [-0.15, -0.1) is 0 Å². The van der Waals surface area contributed by atoms with E-state index in [1.165, 1.54) is 0 Å². The van der Waals surface area contributed by atoms with E-state index in [4.69, 9.17) is 0 Å². The summed E-state index contributed by atoms with van der Waals surface area (Å²) in [5.41, 5.74) is 0.913. The zero-order valence-corrected chi connectivity index (χ0v) is 7.92. The Morgan fingerprint density at radius 2 is 2.23 bits per heavy atom. The first-order valence-corrected chi connectivity index (χ1v) is 4.18. The van der Waals surface area contributed by atoms with Gasteiger partial charge in [-0.1, -0.05) is 18.7 Å². The highest BCUT2D eigenvalue weighted by Gasteiger charge is 1.91. The van der Waals surface area contributed by atoms with E-state index in [0.29, 0.717) is 0 Å². The molecule has 0 radical (unpaired) electrons. The molecule has 0 fully saturated rings. The van der Waals surface area contributed by atoms with Crippen LogP contribution < -0.4 is 16.1 Å². The molecule has 1 N–H and O–H groups in total. The number of nitrogens with one attached hydrogen (secondary N) is 1. The van der Waals surface area contributed by atoms with Crippen LogP contribution in [0.3, 0.4) is 0 Å². The van der Waals surface area contributed by atoms with Crippen molar-refractivity contribution in [3.05, 3.63) is 45.2 Å². The average molecular weight is 175 g/mol. The Labute approximate surface area is 76.9 Å². The third-order valence-electron chi connectivity index (χ3n) is 1.89. The van der Waals surface area contributed by atoms with Crippen LogP contribution in [0.2, 0.25) is 0 Å². The van der Waals surface area contributed by atoms with Gasteiger partial charge in [0.25, 0.3) is 0 Å². The summed E-state index contributed by atoms with van der Waals surface area (Å²) in [5.74, 6) is 0. The zero-order chi connectivity index (χ0) is 9.84. The highest BCUT2D eigenvalue weighted by atomic mass is 16.1. The first-order chi connectivity index (χ1) is 6.19. The van der Waals surface area contributed by atoms with Crippen molar-refractivity contribution in [2.24, 2.45) is 0 Å². The first-order valence-electron chi connectivity index (χ1n) is 4.18. The van der Waals surface area contributed by atoms with E-state index >= 15 is 0 Å². The summed E-state index contributed by atoms with van der Waals surface area (Å²) < 4.78 is 0. The lowest BCUT2D eigenvalue weighted by Crippen LogP contribution is -2.35. The second-order valence-electron chi connectivity index (χ2n) is 2.83. The number of aromatic nitrogens is 1. The summed E-state index contributed by atoms with van der Waals surface area (Å²) >= 11 is 0. The number of aryl methyl sites for hydroxylation is 1. The lowest BCUT2D eigenvalue weighted by Gasteiger charge is -1.94. The van der Waals surface area contributed by atoms with Crippen LogP contribution in [-0.2, 0) is 0 Å². The van der Waals surface area contributed by atoms with Crippen LogP contribution in [0.25, 0.3) is 12.2 Å². The van der Waals surface area contributed by atoms with E-state index in [-0.39, 0.29) is 5.56 Å². The van der Waals surface area contributed by atoms with Crippen LogP contribution in [-0.4, -0.2) is 4.98 Å². The van der Waals surface area contributed by atoms with Crippen molar-refractivity contribution >= 4 is 12.2 Å². The minimum absolute atomic E-state index is 0.0730. The summed E-state index contributed by atoms with van der Waals surface area (Å²) in [7, 11) is 0. The van der Waals surface area contributed by atoms with Gasteiger partial charge >= 0.3 is 0 Å². The summed E-state index contributed by atoms with van der Waals surface area (Å²) in [4.78, 5) is 13.9. The van der Waals surface area contributed by atoms with Gasteiger partial charge < -0.3 is 4.98 Å². The number of allylic oxidation sites excluding steroid dienone is 1. The maximum absolute atomic E-state index is 11.1. The van der Waals surface area contributed by atoms with Crippen LogP contribution in [0, 0.1) is 6.92 Å². The van der Waals surface area contributed by atoms with E-state index in [0.717, 1.165) is 16.1 Å². The third-order valence-corrected chi connectivity index (χ3v) is 1.89. The second kappa shape index (κ2) is 3.90. The number of hydrogen-bond donors (Lipinski definition) is 1. The summed E-state index contributed by atoms with van der Waals surface area (Å²) in [6.07, 6.45) is 5.43. The SMILES string of the molecule is C=C/C=c1/[nH]c(=O)cc(C)/c1=C/C. The molecule has 0 unspecified atom stereocenters. The molecule has 0 saturated carbocycles. The lowest BCUT2D eigenvalue weighted by atomic mass is 10.2. The Bertz CT molecular complexity index is 480. The van der Waals surface area contributed by atoms with Gasteiger partial charge in [0.1, 0.15) is 0 Å². The van der Waals surface area contributed by atoms with Crippen molar-refractivity contribution in [2.75, 3.05) is 0 Å². The van der Waals surface area contributed by atoms with Crippen LogP contribution in [0.1, 0.15) is 12.5 Å². The monoisotopic (exact) mass is 175 g/mol. The van der Waals surface area contributed by atoms with Crippen LogP contribution in [0.5, 0.6) is 0 Å². The molecule has 0 bridgehead atoms. The topological polar surface area (TPSA) is 32.9 Å². The van der Waals surface area contributed by atoms with Crippen LogP contribution in [0.4, 0.5) is 0 Å². The molecule has 1 rings (SSSR count). The van der Waals surface area contributed by atoms with E-state index in [1.54, 1.807) is 18.2 Å². The van der Waals surface area contributed by atoms with E-state index in [9.17, 15) is 4.79 Å². The molecule has 1 heterocycles. The molecule has 13 heavy (non-hydrogen) atoms. The molecule has 1 aromatic heterocycles. The Morgan fingerprint density at radius 3 is 2.77 bits per heavy atom. The zero-order valence-electron chi connectivity index (χ0n) is 7.92. The van der Waals surface area contributed by atoms with Crippen molar-refractivity contribution in [3.63, 3.8) is 0 Å². The standard InChI is InChI=1S/C11H13NO/c1-4-6-10-9(5-2)8(3)7-11(13)12-10/h4-7H,1H2,2-3H3,(H,12,13)/b9-5-,10-6+. The van der Waals surface area contributed by atoms with Gasteiger partial charge in [0.15, 0.2) is 0 Å². The van der Waals surface area contributed by atoms with E-state index < -0.39 is 0 Å². The molecule has 0 spiro atoms. The fraction of sp³-hybridized carbons (Fsp3) is 0.182. The van der Waals surface area contributed by atoms with Gasteiger partial charge in [-0.05, 0) is 30.7 Å². The molecule has 68 valence electrons. The van der Waals surface area contributed by atoms with Gasteiger partial charge in [-0.25, -0.2) is 0 Å². The highest BCUT2D eigenvalue weighted by Crippen LogP contribution is 1.76. The van der Waals surface area contributed by atoms with Crippen LogP contribution in [0.15, 0.2) is 23.5 Å². The quantitative estimate of drug-likeness (QED) is 0.660. The van der Waals surface area contributed by atoms with Crippen molar-refractivity contribution < 1.29 is 0 Å². The number of aromatic amines is 1. The van der Waals surface area contributed by atoms with Gasteiger partial charge in [0.2, 0.25) is 5.56 Å². The Kier molecular flexibility index (Phi) is 2.85. The summed E-state index contributed by atoms with van der Waals surface area (Å²) in [5, 5.41) is 1.88. The minimum Gasteiger partial charge on any atom is -0.322 e. The van der Waals surface area contributed by atoms with Gasteiger partial charge in [-0.2, -0.15) is 0 Å². The highest BCUT2D eigenvalue weighted by molar-refractivity contribution is 5.37. The molecule has 0 aliphatic carbocycles.